The summed E-state index contributed by atoms with van der Waals surface area (Å²) >= 11 is 0. The van der Waals surface area contributed by atoms with Crippen LogP contribution in [0.4, 0.5) is 10.2 Å². The van der Waals surface area contributed by atoms with Gasteiger partial charge < -0.3 is 15.8 Å². The molecule has 0 aliphatic carbocycles. The van der Waals surface area contributed by atoms with Crippen LogP contribution in [0.25, 0.3) is 22.2 Å². The van der Waals surface area contributed by atoms with Crippen LogP contribution >= 0.6 is 0 Å². The zero-order valence-corrected chi connectivity index (χ0v) is 18.3. The third-order valence-electron chi connectivity index (χ3n) is 5.24. The maximum atomic E-state index is 13.6. The van der Waals surface area contributed by atoms with Gasteiger partial charge in [0.1, 0.15) is 22.8 Å². The number of nitrogens with one attached hydrogen (secondary N) is 2. The van der Waals surface area contributed by atoms with Crippen LogP contribution in [-0.2, 0) is 6.54 Å². The molecule has 4 aromatic rings. The van der Waals surface area contributed by atoms with Crippen LogP contribution in [0.5, 0.6) is 5.75 Å². The minimum Gasteiger partial charge on any atom is -0.496 e. The lowest BCUT2D eigenvalue weighted by atomic mass is 10.1. The van der Waals surface area contributed by atoms with Crippen molar-refractivity contribution >= 4 is 22.6 Å². The van der Waals surface area contributed by atoms with E-state index in [1.807, 2.05) is 38.1 Å². The molecule has 1 amide bonds. The maximum Gasteiger partial charge on any atom is 0.290 e. The highest BCUT2D eigenvalue weighted by molar-refractivity contribution is 5.99. The van der Waals surface area contributed by atoms with Gasteiger partial charge in [-0.05, 0) is 37.6 Å². The fourth-order valence-electron chi connectivity index (χ4n) is 3.61. The number of carbonyl (C=O) groups excluding carboxylic acids is 1. The summed E-state index contributed by atoms with van der Waals surface area (Å²) in [6.45, 7) is 4.07. The molecule has 2 aromatic carbocycles. The van der Waals surface area contributed by atoms with Crippen molar-refractivity contribution in [2.75, 3.05) is 12.8 Å². The van der Waals surface area contributed by atoms with Crippen molar-refractivity contribution in [2.45, 2.75) is 26.4 Å². The first kappa shape index (κ1) is 22.0. The zero-order chi connectivity index (χ0) is 23.7. The number of aromatic nitrogens is 4. The van der Waals surface area contributed by atoms with Crippen LogP contribution in [-0.4, -0.2) is 33.0 Å². The first-order chi connectivity index (χ1) is 15.8. The number of nitrogen functional groups attached to an aromatic ring is 1. The summed E-state index contributed by atoms with van der Waals surface area (Å²) in [5.41, 5.74) is 8.30. The number of H-pyrrole nitrogens is 1. The van der Waals surface area contributed by atoms with Crippen molar-refractivity contribution < 1.29 is 13.9 Å². The Bertz CT molecular complexity index is 1390. The van der Waals surface area contributed by atoms with E-state index in [0.29, 0.717) is 16.6 Å². The molecule has 0 aliphatic heterocycles. The second-order valence-electron chi connectivity index (χ2n) is 7.77. The van der Waals surface area contributed by atoms with Crippen molar-refractivity contribution in [3.8, 4) is 17.0 Å². The van der Waals surface area contributed by atoms with Crippen LogP contribution in [0.3, 0.4) is 0 Å². The van der Waals surface area contributed by atoms with Gasteiger partial charge in [-0.2, -0.15) is 10.2 Å². The van der Waals surface area contributed by atoms with E-state index >= 15 is 0 Å². The van der Waals surface area contributed by atoms with Gasteiger partial charge in [0.2, 0.25) is 0 Å². The SMILES string of the molecule is COc1ccc(F)cc1C(=O)NCc1ccc(-c2nn(C(C)C)c3c(=O)[nH]nc(N)c23)cc1. The molecule has 0 aliphatic rings. The normalized spacial score (nSPS) is 11.2. The number of rotatable bonds is 6. The average Bonchev–Trinajstić information content (AvgIpc) is 3.22. The smallest absolute Gasteiger partial charge is 0.290 e. The Balaban J connectivity index is 1.59. The number of fused-ring (bicyclic) bond motifs is 1. The quantitative estimate of drug-likeness (QED) is 0.414. The molecule has 0 saturated heterocycles. The summed E-state index contributed by atoms with van der Waals surface area (Å²) in [5.74, 6) is -0.494. The highest BCUT2D eigenvalue weighted by atomic mass is 19.1. The molecular formula is C23H23FN6O3. The third kappa shape index (κ3) is 4.14. The van der Waals surface area contributed by atoms with E-state index < -0.39 is 11.7 Å². The van der Waals surface area contributed by atoms with Crippen LogP contribution in [0, 0.1) is 5.82 Å². The van der Waals surface area contributed by atoms with Crippen LogP contribution in [0.15, 0.2) is 47.3 Å². The van der Waals surface area contributed by atoms with Crippen molar-refractivity contribution in [2.24, 2.45) is 0 Å². The van der Waals surface area contributed by atoms with E-state index in [-0.39, 0.29) is 35.3 Å². The van der Waals surface area contributed by atoms with Gasteiger partial charge in [-0.25, -0.2) is 9.49 Å². The lowest BCUT2D eigenvalue weighted by molar-refractivity contribution is 0.0947. The van der Waals surface area contributed by atoms with E-state index in [0.717, 1.165) is 17.2 Å². The van der Waals surface area contributed by atoms with Crippen LogP contribution in [0.1, 0.15) is 35.8 Å². The minimum absolute atomic E-state index is 0.0570. The van der Waals surface area contributed by atoms with Crippen LogP contribution in [0.2, 0.25) is 0 Å². The standard InChI is InChI=1S/C23H23FN6O3/c1-12(2)30-20-18(21(25)27-28-23(20)32)19(29-30)14-6-4-13(5-7-14)11-26-22(31)16-10-15(24)8-9-17(16)33-3/h4-10,12H,11H2,1-3H3,(H2,25,27)(H,26,31)(H,28,32). The third-order valence-corrected chi connectivity index (χ3v) is 5.24. The Labute approximate surface area is 188 Å². The molecule has 2 heterocycles. The minimum atomic E-state index is -0.522. The number of methoxy groups -OCH3 is 1. The van der Waals surface area contributed by atoms with E-state index in [9.17, 15) is 14.0 Å². The molecule has 0 radical (unpaired) electrons. The lowest BCUT2D eigenvalue weighted by Crippen LogP contribution is -2.23. The van der Waals surface area contributed by atoms with E-state index in [2.05, 4.69) is 20.6 Å². The number of benzene rings is 2. The van der Waals surface area contributed by atoms with Gasteiger partial charge in [-0.1, -0.05) is 24.3 Å². The van der Waals surface area contributed by atoms with Gasteiger partial charge in [0.05, 0.1) is 18.1 Å². The summed E-state index contributed by atoms with van der Waals surface area (Å²) in [4.78, 5) is 24.9. The molecule has 0 saturated carbocycles. The number of halogens is 1. The van der Waals surface area contributed by atoms with Crippen molar-refractivity contribution in [3.05, 3.63) is 69.8 Å². The molecule has 0 atom stereocenters. The van der Waals surface area contributed by atoms with Gasteiger partial charge in [0.15, 0.2) is 5.82 Å². The monoisotopic (exact) mass is 450 g/mol. The first-order valence-electron chi connectivity index (χ1n) is 10.3. The number of hydrogen-bond donors (Lipinski definition) is 3. The Morgan fingerprint density at radius 3 is 2.64 bits per heavy atom. The first-order valence-corrected chi connectivity index (χ1v) is 10.3. The molecule has 170 valence electrons. The number of nitrogens with zero attached hydrogens (tertiary/aromatic N) is 3. The fraction of sp³-hybridized carbons (Fsp3) is 0.217. The predicted molar refractivity (Wildman–Crippen MR) is 123 cm³/mol. The largest absolute Gasteiger partial charge is 0.496 e. The molecule has 0 spiro atoms. The van der Waals surface area contributed by atoms with Gasteiger partial charge in [-0.15, -0.1) is 0 Å². The molecular weight excluding hydrogens is 427 g/mol. The Hall–Kier alpha value is -4.21. The number of carbonyl (C=O) groups is 1. The topological polar surface area (TPSA) is 128 Å². The highest BCUT2D eigenvalue weighted by Crippen LogP contribution is 2.31. The van der Waals surface area contributed by atoms with E-state index in [1.54, 1.807) is 4.68 Å². The molecule has 10 heteroatoms. The molecule has 33 heavy (non-hydrogen) atoms. The second kappa shape index (κ2) is 8.73. The summed E-state index contributed by atoms with van der Waals surface area (Å²) in [5, 5.41) is 14.1. The zero-order valence-electron chi connectivity index (χ0n) is 18.3. The summed E-state index contributed by atoms with van der Waals surface area (Å²) in [6.07, 6.45) is 0. The Morgan fingerprint density at radius 2 is 1.97 bits per heavy atom. The number of nitrogens with two attached hydrogens (primary N) is 1. The van der Waals surface area contributed by atoms with E-state index in [4.69, 9.17) is 10.5 Å². The number of ether oxygens (including phenoxy) is 1. The fourth-order valence-corrected chi connectivity index (χ4v) is 3.61. The maximum absolute atomic E-state index is 13.6. The second-order valence-corrected chi connectivity index (χ2v) is 7.77. The van der Waals surface area contributed by atoms with Crippen molar-refractivity contribution in [1.29, 1.82) is 0 Å². The number of hydrogen-bond acceptors (Lipinski definition) is 6. The van der Waals surface area contributed by atoms with Gasteiger partial charge in [0.25, 0.3) is 11.5 Å². The lowest BCUT2D eigenvalue weighted by Gasteiger charge is -2.10. The number of amides is 1. The van der Waals surface area contributed by atoms with Crippen molar-refractivity contribution in [3.63, 3.8) is 0 Å². The molecule has 0 bridgehead atoms. The Kier molecular flexibility index (Phi) is 5.82. The van der Waals surface area contributed by atoms with E-state index in [1.165, 1.54) is 19.2 Å². The summed E-state index contributed by atoms with van der Waals surface area (Å²) < 4.78 is 20.3. The molecule has 4 rings (SSSR count). The molecule has 2 aromatic heterocycles. The highest BCUT2D eigenvalue weighted by Gasteiger charge is 2.20. The molecule has 4 N–H and O–H groups in total. The van der Waals surface area contributed by atoms with Gasteiger partial charge >= 0.3 is 0 Å². The number of aromatic amines is 1. The van der Waals surface area contributed by atoms with Gasteiger partial charge in [-0.3, -0.25) is 14.3 Å². The van der Waals surface area contributed by atoms with Crippen molar-refractivity contribution in [1.82, 2.24) is 25.3 Å². The summed E-state index contributed by atoms with van der Waals surface area (Å²) in [6, 6.07) is 11.0. The van der Waals surface area contributed by atoms with Gasteiger partial charge in [0, 0.05) is 18.2 Å². The molecule has 9 nitrogen and oxygen atoms in total. The molecule has 0 unspecified atom stereocenters. The Morgan fingerprint density at radius 1 is 1.24 bits per heavy atom. The molecule has 0 fully saturated rings. The summed E-state index contributed by atoms with van der Waals surface area (Å²) in [7, 11) is 1.42. The number of anilines is 1. The predicted octanol–water partition coefficient (Wildman–Crippen LogP) is 3.03. The average molecular weight is 450 g/mol. The van der Waals surface area contributed by atoms with Crippen LogP contribution < -0.4 is 21.3 Å².